The normalized spacial score (nSPS) is 18.1. The molecule has 1 aromatic heterocycles. The molecule has 2 aromatic carbocycles. The van der Waals surface area contributed by atoms with Gasteiger partial charge in [-0.15, -0.1) is 6.42 Å². The van der Waals surface area contributed by atoms with Crippen molar-refractivity contribution in [3.63, 3.8) is 0 Å². The first-order valence-corrected chi connectivity index (χ1v) is 12.5. The average molecular weight is 478 g/mol. The fraction of sp³-hybridized carbons (Fsp3) is 0.320. The number of fused-ring (bicyclic) bond motifs is 1. The maximum absolute atomic E-state index is 12.6. The lowest BCUT2D eigenvalue weighted by Gasteiger charge is -2.21. The highest BCUT2D eigenvalue weighted by Gasteiger charge is 2.28. The fourth-order valence-electron chi connectivity index (χ4n) is 4.24. The van der Waals surface area contributed by atoms with Gasteiger partial charge in [-0.1, -0.05) is 12.1 Å². The third-order valence-corrected chi connectivity index (χ3v) is 7.97. The summed E-state index contributed by atoms with van der Waals surface area (Å²) in [6, 6.07) is 10.9. The van der Waals surface area contributed by atoms with Crippen molar-refractivity contribution in [2.75, 3.05) is 19.4 Å². The SMILES string of the molecule is C#CC(=O)N[C@H]1CCC[C@H]1Nc1ncc2cc(-c3cc(S(=O)(=O)N(C)C)ccc3C)ccc2n1. The minimum atomic E-state index is -3.53. The van der Waals surface area contributed by atoms with Crippen molar-refractivity contribution in [2.45, 2.75) is 43.2 Å². The molecule has 2 atom stereocenters. The van der Waals surface area contributed by atoms with E-state index in [0.717, 1.165) is 46.9 Å². The van der Waals surface area contributed by atoms with Gasteiger partial charge in [-0.05, 0) is 73.1 Å². The minimum Gasteiger partial charge on any atom is -0.349 e. The van der Waals surface area contributed by atoms with E-state index in [2.05, 4.69) is 26.5 Å². The first kappa shape index (κ1) is 23.7. The second kappa shape index (κ2) is 9.41. The van der Waals surface area contributed by atoms with Gasteiger partial charge in [0.1, 0.15) is 0 Å². The van der Waals surface area contributed by atoms with Crippen molar-refractivity contribution in [3.05, 3.63) is 48.2 Å². The van der Waals surface area contributed by atoms with Crippen molar-refractivity contribution < 1.29 is 13.2 Å². The fourth-order valence-corrected chi connectivity index (χ4v) is 5.16. The molecule has 1 fully saturated rings. The molecule has 176 valence electrons. The molecule has 3 aromatic rings. The largest absolute Gasteiger partial charge is 0.349 e. The Morgan fingerprint density at radius 1 is 1.15 bits per heavy atom. The van der Waals surface area contributed by atoms with Gasteiger partial charge in [0.15, 0.2) is 0 Å². The summed E-state index contributed by atoms with van der Waals surface area (Å²) in [5, 5.41) is 7.02. The number of amides is 1. The summed E-state index contributed by atoms with van der Waals surface area (Å²) < 4.78 is 26.4. The number of hydrogen-bond acceptors (Lipinski definition) is 6. The molecule has 1 heterocycles. The number of carbonyl (C=O) groups excluding carboxylic acids is 1. The maximum Gasteiger partial charge on any atom is 0.295 e. The molecule has 1 saturated carbocycles. The molecule has 0 bridgehead atoms. The van der Waals surface area contributed by atoms with Crippen LogP contribution in [0.1, 0.15) is 24.8 Å². The van der Waals surface area contributed by atoms with Crippen LogP contribution in [-0.4, -0.2) is 54.8 Å². The van der Waals surface area contributed by atoms with Crippen LogP contribution in [0.15, 0.2) is 47.5 Å². The van der Waals surface area contributed by atoms with Crippen molar-refractivity contribution >= 4 is 32.8 Å². The Kier molecular flexibility index (Phi) is 6.55. The van der Waals surface area contributed by atoms with Crippen LogP contribution in [-0.2, 0) is 14.8 Å². The molecular formula is C25H27N5O3S. The van der Waals surface area contributed by atoms with E-state index in [0.29, 0.717) is 5.95 Å². The average Bonchev–Trinajstić information content (AvgIpc) is 3.24. The number of benzene rings is 2. The van der Waals surface area contributed by atoms with Crippen LogP contribution in [0.3, 0.4) is 0 Å². The van der Waals surface area contributed by atoms with Crippen molar-refractivity contribution in [2.24, 2.45) is 0 Å². The Hall–Kier alpha value is -3.48. The first-order valence-electron chi connectivity index (χ1n) is 11.0. The number of aromatic nitrogens is 2. The van der Waals surface area contributed by atoms with Crippen LogP contribution in [0.25, 0.3) is 22.0 Å². The molecule has 0 unspecified atom stereocenters. The standard InChI is InChI=1S/C25H27N5O3S/c1-5-24(31)27-22-7-6-8-23(22)29-25-26-15-18-13-17(10-12-21(18)28-25)20-14-19(11-9-16(20)2)34(32,33)30(3)4/h1,9-15,22-23H,6-8H2,2-4H3,(H,27,31)(H,26,28,29)/t22-,23+/m0/s1. The summed E-state index contributed by atoms with van der Waals surface area (Å²) in [7, 11) is -0.498. The molecule has 0 spiro atoms. The van der Waals surface area contributed by atoms with Crippen LogP contribution in [0.4, 0.5) is 5.95 Å². The molecular weight excluding hydrogens is 450 g/mol. The number of nitrogens with zero attached hydrogens (tertiary/aromatic N) is 3. The molecule has 1 aliphatic carbocycles. The van der Waals surface area contributed by atoms with Crippen LogP contribution < -0.4 is 10.6 Å². The Morgan fingerprint density at radius 2 is 1.91 bits per heavy atom. The maximum atomic E-state index is 12.6. The van der Waals surface area contributed by atoms with E-state index in [4.69, 9.17) is 6.42 Å². The Morgan fingerprint density at radius 3 is 2.65 bits per heavy atom. The highest BCUT2D eigenvalue weighted by atomic mass is 32.2. The second-order valence-corrected chi connectivity index (χ2v) is 10.8. The summed E-state index contributed by atoms with van der Waals surface area (Å²) in [5.41, 5.74) is 3.46. The van der Waals surface area contributed by atoms with Crippen molar-refractivity contribution in [3.8, 4) is 23.5 Å². The van der Waals surface area contributed by atoms with Gasteiger partial charge in [0, 0.05) is 37.8 Å². The number of nitrogens with one attached hydrogen (secondary N) is 2. The summed E-state index contributed by atoms with van der Waals surface area (Å²) in [6.45, 7) is 1.95. The Labute approximate surface area is 199 Å². The molecule has 1 amide bonds. The highest BCUT2D eigenvalue weighted by molar-refractivity contribution is 7.89. The van der Waals surface area contributed by atoms with Crippen LogP contribution >= 0.6 is 0 Å². The molecule has 34 heavy (non-hydrogen) atoms. The number of terminal acetylenes is 1. The molecule has 2 N–H and O–H groups in total. The van der Waals surface area contributed by atoms with E-state index < -0.39 is 15.9 Å². The van der Waals surface area contributed by atoms with Gasteiger partial charge in [0.05, 0.1) is 10.4 Å². The number of anilines is 1. The summed E-state index contributed by atoms with van der Waals surface area (Å²) in [6.07, 6.45) is 9.64. The zero-order chi connectivity index (χ0) is 24.5. The number of aryl methyl sites for hydroxylation is 1. The highest BCUT2D eigenvalue weighted by Crippen LogP contribution is 2.30. The van der Waals surface area contributed by atoms with E-state index in [1.54, 1.807) is 18.3 Å². The lowest BCUT2D eigenvalue weighted by atomic mass is 9.99. The predicted octanol–water partition coefficient (Wildman–Crippen LogP) is 2.94. The van der Waals surface area contributed by atoms with Gasteiger partial charge in [-0.3, -0.25) is 4.79 Å². The van der Waals surface area contributed by atoms with Gasteiger partial charge in [-0.2, -0.15) is 0 Å². The molecule has 9 heteroatoms. The van der Waals surface area contributed by atoms with Gasteiger partial charge in [-0.25, -0.2) is 22.7 Å². The first-order chi connectivity index (χ1) is 16.2. The minimum absolute atomic E-state index is 0.0121. The van der Waals surface area contributed by atoms with Crippen molar-refractivity contribution in [1.82, 2.24) is 19.6 Å². The zero-order valence-electron chi connectivity index (χ0n) is 19.4. The summed E-state index contributed by atoms with van der Waals surface area (Å²) >= 11 is 0. The van der Waals surface area contributed by atoms with Gasteiger partial charge in [0.2, 0.25) is 16.0 Å². The molecule has 0 saturated heterocycles. The number of carbonyl (C=O) groups is 1. The number of sulfonamides is 1. The smallest absolute Gasteiger partial charge is 0.295 e. The van der Waals surface area contributed by atoms with Gasteiger partial charge in [0.25, 0.3) is 5.91 Å². The Bertz CT molecular complexity index is 1400. The molecule has 4 rings (SSSR count). The topological polar surface area (TPSA) is 104 Å². The molecule has 1 aliphatic rings. The molecule has 0 aliphatic heterocycles. The van der Waals surface area contributed by atoms with Crippen LogP contribution in [0.5, 0.6) is 0 Å². The summed E-state index contributed by atoms with van der Waals surface area (Å²) in [4.78, 5) is 20.9. The lowest BCUT2D eigenvalue weighted by Crippen LogP contribution is -2.43. The second-order valence-electron chi connectivity index (χ2n) is 8.64. The van der Waals surface area contributed by atoms with Crippen LogP contribution in [0.2, 0.25) is 0 Å². The monoisotopic (exact) mass is 477 g/mol. The zero-order valence-corrected chi connectivity index (χ0v) is 20.2. The quantitative estimate of drug-likeness (QED) is 0.529. The van der Waals surface area contributed by atoms with Crippen LogP contribution in [0, 0.1) is 19.3 Å². The van der Waals surface area contributed by atoms with Gasteiger partial charge < -0.3 is 10.6 Å². The van der Waals surface area contributed by atoms with E-state index in [9.17, 15) is 13.2 Å². The van der Waals surface area contributed by atoms with E-state index in [-0.39, 0.29) is 17.0 Å². The predicted molar refractivity (Wildman–Crippen MR) is 133 cm³/mol. The molecule has 8 nitrogen and oxygen atoms in total. The number of hydrogen-bond donors (Lipinski definition) is 2. The van der Waals surface area contributed by atoms with Crippen molar-refractivity contribution in [1.29, 1.82) is 0 Å². The van der Waals surface area contributed by atoms with E-state index in [1.165, 1.54) is 18.4 Å². The lowest BCUT2D eigenvalue weighted by molar-refractivity contribution is -0.116. The molecule has 0 radical (unpaired) electrons. The van der Waals surface area contributed by atoms with E-state index >= 15 is 0 Å². The summed E-state index contributed by atoms with van der Waals surface area (Å²) in [5.74, 6) is 2.17. The van der Waals surface area contributed by atoms with E-state index in [1.807, 2.05) is 31.2 Å². The van der Waals surface area contributed by atoms with Gasteiger partial charge >= 0.3 is 0 Å². The number of rotatable bonds is 6. The Balaban J connectivity index is 1.60. The third kappa shape index (κ3) is 4.74. The third-order valence-electron chi connectivity index (χ3n) is 6.16.